The normalized spacial score (nSPS) is 19.0. The zero-order valence-corrected chi connectivity index (χ0v) is 15.2. The summed E-state index contributed by atoms with van der Waals surface area (Å²) >= 11 is 1.50. The zero-order chi connectivity index (χ0) is 17.3. The molecule has 1 fully saturated rings. The number of nitrogens with zero attached hydrogens (tertiary/aromatic N) is 2. The topological polar surface area (TPSA) is 53.4 Å². The van der Waals surface area contributed by atoms with E-state index in [4.69, 9.17) is 0 Å². The van der Waals surface area contributed by atoms with Gasteiger partial charge in [-0.2, -0.15) is 0 Å². The van der Waals surface area contributed by atoms with Crippen LogP contribution in [0.25, 0.3) is 10.6 Å². The highest BCUT2D eigenvalue weighted by atomic mass is 32.1. The molecule has 1 N–H and O–H groups in total. The first-order valence-corrected chi connectivity index (χ1v) is 9.37. The minimum atomic E-state index is -0.367. The second kappa shape index (κ2) is 7.03. The molecule has 2 atom stereocenters. The van der Waals surface area contributed by atoms with Crippen molar-refractivity contribution in [3.63, 3.8) is 0 Å². The van der Waals surface area contributed by atoms with E-state index >= 15 is 0 Å². The Morgan fingerprint density at radius 1 is 1.29 bits per heavy atom. The third-order valence-corrected chi connectivity index (χ3v) is 5.63. The predicted octanol–water partition coefficient (Wildman–Crippen LogP) is 3.78. The van der Waals surface area contributed by atoms with E-state index in [0.29, 0.717) is 24.7 Å². The summed E-state index contributed by atoms with van der Waals surface area (Å²) in [6, 6.07) is 8.39. The molecule has 1 saturated heterocycles. The minimum absolute atomic E-state index is 0.0283. The van der Waals surface area contributed by atoms with Crippen LogP contribution < -0.4 is 0 Å². The quantitative estimate of drug-likeness (QED) is 0.918. The molecule has 0 bridgehead atoms. The van der Waals surface area contributed by atoms with Crippen LogP contribution in [0.3, 0.4) is 0 Å². The van der Waals surface area contributed by atoms with Crippen LogP contribution in [0.15, 0.2) is 29.6 Å². The maximum Gasteiger partial charge on any atom is 0.273 e. The molecule has 1 aliphatic rings. The Balaban J connectivity index is 1.72. The van der Waals surface area contributed by atoms with Crippen LogP contribution in [-0.4, -0.2) is 40.1 Å². The van der Waals surface area contributed by atoms with Crippen molar-refractivity contribution in [1.29, 1.82) is 0 Å². The maximum atomic E-state index is 12.6. The van der Waals surface area contributed by atoms with Crippen molar-refractivity contribution in [2.75, 3.05) is 13.1 Å². The van der Waals surface area contributed by atoms with Gasteiger partial charge in [0.1, 0.15) is 10.7 Å². The van der Waals surface area contributed by atoms with E-state index in [-0.39, 0.29) is 17.9 Å². The lowest BCUT2D eigenvalue weighted by molar-refractivity contribution is 0.0757. The van der Waals surface area contributed by atoms with Gasteiger partial charge >= 0.3 is 0 Å². The second-order valence-electron chi connectivity index (χ2n) is 6.86. The van der Waals surface area contributed by atoms with E-state index in [1.54, 1.807) is 11.8 Å². The molecule has 1 aromatic heterocycles. The molecule has 0 aliphatic carbocycles. The van der Waals surface area contributed by atoms with Gasteiger partial charge in [-0.05, 0) is 24.8 Å². The number of likely N-dealkylation sites (tertiary alicyclic amines) is 1. The second-order valence-corrected chi connectivity index (χ2v) is 7.71. The molecule has 1 amide bonds. The number of amides is 1. The summed E-state index contributed by atoms with van der Waals surface area (Å²) in [6.07, 6.45) is 0.491. The molecule has 1 aromatic carbocycles. The van der Waals surface area contributed by atoms with Crippen molar-refractivity contribution in [1.82, 2.24) is 9.88 Å². The summed E-state index contributed by atoms with van der Waals surface area (Å²) < 4.78 is 0. The van der Waals surface area contributed by atoms with Crippen LogP contribution in [0.5, 0.6) is 0 Å². The first kappa shape index (κ1) is 17.1. The highest BCUT2D eigenvalue weighted by molar-refractivity contribution is 7.13. The summed E-state index contributed by atoms with van der Waals surface area (Å²) in [4.78, 5) is 18.9. The van der Waals surface area contributed by atoms with Gasteiger partial charge in [-0.15, -0.1) is 11.3 Å². The SMILES string of the molecule is CC(C)c1ccc(-c2nc(C(=O)N3CCC(C(C)O)C3)cs2)cc1. The van der Waals surface area contributed by atoms with E-state index in [1.165, 1.54) is 16.9 Å². The molecule has 0 radical (unpaired) electrons. The van der Waals surface area contributed by atoms with Crippen molar-refractivity contribution in [3.05, 3.63) is 40.9 Å². The van der Waals surface area contributed by atoms with Gasteiger partial charge in [-0.1, -0.05) is 38.1 Å². The third-order valence-electron chi connectivity index (χ3n) is 4.74. The number of aliphatic hydroxyl groups is 1. The highest BCUT2D eigenvalue weighted by Gasteiger charge is 2.30. The van der Waals surface area contributed by atoms with Gasteiger partial charge in [0, 0.05) is 30.0 Å². The van der Waals surface area contributed by atoms with Crippen molar-refractivity contribution in [3.8, 4) is 10.6 Å². The number of benzene rings is 1. The van der Waals surface area contributed by atoms with Gasteiger partial charge in [0.05, 0.1) is 6.10 Å². The molecular weight excluding hydrogens is 320 g/mol. The van der Waals surface area contributed by atoms with Gasteiger partial charge in [-0.25, -0.2) is 4.98 Å². The fourth-order valence-electron chi connectivity index (χ4n) is 3.04. The lowest BCUT2D eigenvalue weighted by Gasteiger charge is -2.16. The Labute approximate surface area is 147 Å². The minimum Gasteiger partial charge on any atom is -0.393 e. The summed E-state index contributed by atoms with van der Waals surface area (Å²) in [6.45, 7) is 7.45. The molecule has 2 heterocycles. The van der Waals surface area contributed by atoms with Gasteiger partial charge in [0.15, 0.2) is 0 Å². The number of aromatic nitrogens is 1. The van der Waals surface area contributed by atoms with Gasteiger partial charge in [0.2, 0.25) is 0 Å². The maximum absolute atomic E-state index is 12.6. The largest absolute Gasteiger partial charge is 0.393 e. The molecular formula is C19H24N2O2S. The Morgan fingerprint density at radius 3 is 2.58 bits per heavy atom. The van der Waals surface area contributed by atoms with Crippen LogP contribution in [0, 0.1) is 5.92 Å². The Bertz CT molecular complexity index is 706. The van der Waals surface area contributed by atoms with Gasteiger partial charge in [-0.3, -0.25) is 4.79 Å². The highest BCUT2D eigenvalue weighted by Crippen LogP contribution is 2.27. The van der Waals surface area contributed by atoms with Crippen LogP contribution in [0.4, 0.5) is 0 Å². The fourth-order valence-corrected chi connectivity index (χ4v) is 3.84. The van der Waals surface area contributed by atoms with Gasteiger partial charge < -0.3 is 10.0 Å². The molecule has 5 heteroatoms. The predicted molar refractivity (Wildman–Crippen MR) is 97.3 cm³/mol. The number of aliphatic hydroxyl groups excluding tert-OH is 1. The van der Waals surface area contributed by atoms with Crippen LogP contribution >= 0.6 is 11.3 Å². The van der Waals surface area contributed by atoms with Crippen molar-refractivity contribution in [2.24, 2.45) is 5.92 Å². The number of carbonyl (C=O) groups excluding carboxylic acids is 1. The van der Waals surface area contributed by atoms with E-state index in [2.05, 4.69) is 43.1 Å². The van der Waals surface area contributed by atoms with Crippen molar-refractivity contribution < 1.29 is 9.90 Å². The van der Waals surface area contributed by atoms with Crippen LogP contribution in [-0.2, 0) is 0 Å². The monoisotopic (exact) mass is 344 g/mol. The van der Waals surface area contributed by atoms with Crippen LogP contribution in [0.2, 0.25) is 0 Å². The van der Waals surface area contributed by atoms with Crippen molar-refractivity contribution >= 4 is 17.2 Å². The molecule has 128 valence electrons. The first-order chi connectivity index (χ1) is 11.5. The molecule has 0 spiro atoms. The molecule has 2 aromatic rings. The number of rotatable bonds is 4. The molecule has 4 nitrogen and oxygen atoms in total. The van der Waals surface area contributed by atoms with Crippen molar-refractivity contribution in [2.45, 2.75) is 39.2 Å². The number of thiazole rings is 1. The molecule has 1 aliphatic heterocycles. The zero-order valence-electron chi connectivity index (χ0n) is 14.4. The summed E-state index contributed by atoms with van der Waals surface area (Å²) in [5.41, 5.74) is 2.86. The van der Waals surface area contributed by atoms with Gasteiger partial charge in [0.25, 0.3) is 5.91 Å². The standard InChI is InChI=1S/C19H24N2O2S/c1-12(2)14-4-6-15(7-5-14)18-20-17(11-24-18)19(23)21-9-8-16(10-21)13(3)22/h4-7,11-13,16,22H,8-10H2,1-3H3. The summed E-state index contributed by atoms with van der Waals surface area (Å²) in [7, 11) is 0. The number of hydrogen-bond acceptors (Lipinski definition) is 4. The number of hydrogen-bond donors (Lipinski definition) is 1. The number of carbonyl (C=O) groups is 1. The molecule has 3 rings (SSSR count). The molecule has 0 saturated carbocycles. The Hall–Kier alpha value is -1.72. The Morgan fingerprint density at radius 2 is 2.00 bits per heavy atom. The summed E-state index contributed by atoms with van der Waals surface area (Å²) in [5.74, 6) is 0.652. The van der Waals surface area contributed by atoms with E-state index in [9.17, 15) is 9.90 Å². The van der Waals surface area contributed by atoms with Crippen LogP contribution in [0.1, 0.15) is 49.2 Å². The summed E-state index contributed by atoms with van der Waals surface area (Å²) in [5, 5.41) is 12.4. The smallest absolute Gasteiger partial charge is 0.273 e. The average Bonchev–Trinajstić information content (AvgIpc) is 3.24. The Kier molecular flexibility index (Phi) is 5.01. The van der Waals surface area contributed by atoms with E-state index in [1.807, 2.05) is 5.38 Å². The van der Waals surface area contributed by atoms with E-state index < -0.39 is 0 Å². The fraction of sp³-hybridized carbons (Fsp3) is 0.474. The molecule has 24 heavy (non-hydrogen) atoms. The average molecular weight is 344 g/mol. The third kappa shape index (κ3) is 3.52. The molecule has 2 unspecified atom stereocenters. The van der Waals surface area contributed by atoms with E-state index in [0.717, 1.165) is 17.0 Å². The lowest BCUT2D eigenvalue weighted by Crippen LogP contribution is -2.30. The lowest BCUT2D eigenvalue weighted by atomic mass is 10.0. The first-order valence-electron chi connectivity index (χ1n) is 8.49.